The van der Waals surface area contributed by atoms with Crippen LogP contribution in [-0.2, 0) is 0 Å². The Morgan fingerprint density at radius 3 is 2.37 bits per heavy atom. The molecule has 0 amide bonds. The van der Waals surface area contributed by atoms with E-state index in [4.69, 9.17) is 11.5 Å². The molecule has 0 spiro atoms. The Morgan fingerprint density at radius 2 is 1.74 bits per heavy atom. The Bertz CT molecular complexity index is 559. The monoisotopic (exact) mass is 258 g/mol. The van der Waals surface area contributed by atoms with E-state index in [0.717, 1.165) is 36.7 Å². The van der Waals surface area contributed by atoms with Crippen LogP contribution in [0.1, 0.15) is 26.7 Å². The highest BCUT2D eigenvalue weighted by Crippen LogP contribution is 2.29. The molecule has 2 rings (SSSR count). The molecule has 0 unspecified atom stereocenters. The average molecular weight is 258 g/mol. The van der Waals surface area contributed by atoms with Gasteiger partial charge in [0.25, 0.3) is 0 Å². The quantitative estimate of drug-likeness (QED) is 0.865. The number of anilines is 3. The summed E-state index contributed by atoms with van der Waals surface area (Å²) in [6, 6.07) is 6.25. The van der Waals surface area contributed by atoms with Crippen LogP contribution in [0.15, 0.2) is 24.4 Å². The average Bonchev–Trinajstić information content (AvgIpc) is 2.42. The minimum atomic E-state index is 0.541. The smallest absolute Gasteiger partial charge is 0.131 e. The van der Waals surface area contributed by atoms with Gasteiger partial charge >= 0.3 is 0 Å². The van der Waals surface area contributed by atoms with Gasteiger partial charge in [-0.15, -0.1) is 0 Å². The molecule has 0 saturated carbocycles. The second kappa shape index (κ2) is 5.78. The first-order valence-corrected chi connectivity index (χ1v) is 6.86. The molecule has 0 atom stereocenters. The van der Waals surface area contributed by atoms with Gasteiger partial charge in [0.2, 0.25) is 0 Å². The van der Waals surface area contributed by atoms with Gasteiger partial charge in [0.05, 0.1) is 11.9 Å². The molecule has 1 aromatic carbocycles. The van der Waals surface area contributed by atoms with Crippen molar-refractivity contribution < 1.29 is 0 Å². The van der Waals surface area contributed by atoms with Crippen molar-refractivity contribution >= 4 is 28.0 Å². The highest BCUT2D eigenvalue weighted by Gasteiger charge is 2.08. The Labute approximate surface area is 114 Å². The lowest BCUT2D eigenvalue weighted by molar-refractivity contribution is 0.745. The van der Waals surface area contributed by atoms with Gasteiger partial charge in [-0.1, -0.05) is 19.9 Å². The molecule has 19 heavy (non-hydrogen) atoms. The Balaban J connectivity index is 2.47. The molecule has 4 N–H and O–H groups in total. The lowest BCUT2D eigenvalue weighted by Crippen LogP contribution is -2.24. The molecule has 0 bridgehead atoms. The molecule has 4 nitrogen and oxygen atoms in total. The van der Waals surface area contributed by atoms with Crippen LogP contribution in [0.5, 0.6) is 0 Å². The number of nitrogen functional groups attached to an aromatic ring is 2. The predicted molar refractivity (Wildman–Crippen MR) is 83.4 cm³/mol. The van der Waals surface area contributed by atoms with E-state index in [1.54, 1.807) is 6.20 Å². The zero-order valence-corrected chi connectivity index (χ0v) is 11.7. The molecule has 0 saturated heterocycles. The first-order chi connectivity index (χ1) is 9.17. The number of fused-ring (bicyclic) bond motifs is 1. The summed E-state index contributed by atoms with van der Waals surface area (Å²) in [6.07, 6.45) is 3.87. The summed E-state index contributed by atoms with van der Waals surface area (Å²) in [5, 5.41) is 1.92. The molecule has 2 aromatic rings. The second-order valence-corrected chi connectivity index (χ2v) is 4.82. The van der Waals surface area contributed by atoms with Crippen molar-refractivity contribution in [3.63, 3.8) is 0 Å². The maximum Gasteiger partial charge on any atom is 0.131 e. The standard InChI is InChI=1S/C15H22N4/c1-3-7-19(8-4-2)11-5-6-12-13(9-11)15(17)18-10-14(12)16/h5-6,9-10H,3-4,7-8,16H2,1-2H3,(H2,17,18). The van der Waals surface area contributed by atoms with E-state index >= 15 is 0 Å². The fourth-order valence-electron chi connectivity index (χ4n) is 2.38. The number of benzene rings is 1. The van der Waals surface area contributed by atoms with E-state index in [9.17, 15) is 0 Å². The van der Waals surface area contributed by atoms with Gasteiger partial charge in [0, 0.05) is 29.5 Å². The van der Waals surface area contributed by atoms with E-state index in [2.05, 4.69) is 35.9 Å². The number of rotatable bonds is 5. The number of nitrogens with zero attached hydrogens (tertiary/aromatic N) is 2. The molecule has 1 aromatic heterocycles. The summed E-state index contributed by atoms with van der Waals surface area (Å²) >= 11 is 0. The van der Waals surface area contributed by atoms with Crippen molar-refractivity contribution in [2.24, 2.45) is 0 Å². The Kier molecular flexibility index (Phi) is 4.10. The van der Waals surface area contributed by atoms with Gasteiger partial charge in [-0.3, -0.25) is 0 Å². The Morgan fingerprint density at radius 1 is 1.05 bits per heavy atom. The van der Waals surface area contributed by atoms with Crippen LogP contribution in [0, 0.1) is 0 Å². The van der Waals surface area contributed by atoms with Crippen LogP contribution in [0.2, 0.25) is 0 Å². The maximum absolute atomic E-state index is 5.96. The van der Waals surface area contributed by atoms with Crippen LogP contribution in [0.4, 0.5) is 17.2 Å². The topological polar surface area (TPSA) is 68.2 Å². The third kappa shape index (κ3) is 2.72. The molecule has 1 heterocycles. The number of hydrogen-bond donors (Lipinski definition) is 2. The van der Waals surface area contributed by atoms with E-state index in [1.165, 1.54) is 5.69 Å². The van der Waals surface area contributed by atoms with E-state index in [-0.39, 0.29) is 0 Å². The number of aromatic nitrogens is 1. The lowest BCUT2D eigenvalue weighted by atomic mass is 10.1. The van der Waals surface area contributed by atoms with Crippen molar-refractivity contribution in [2.75, 3.05) is 29.5 Å². The molecular formula is C15H22N4. The fourth-order valence-corrected chi connectivity index (χ4v) is 2.38. The van der Waals surface area contributed by atoms with Crippen molar-refractivity contribution in [2.45, 2.75) is 26.7 Å². The summed E-state index contributed by atoms with van der Waals surface area (Å²) in [5.41, 5.74) is 13.8. The van der Waals surface area contributed by atoms with E-state index in [0.29, 0.717) is 11.5 Å². The molecule has 0 aliphatic rings. The molecule has 0 radical (unpaired) electrons. The Hall–Kier alpha value is -1.97. The van der Waals surface area contributed by atoms with Gasteiger partial charge in [0.1, 0.15) is 5.82 Å². The third-order valence-electron chi connectivity index (χ3n) is 3.29. The van der Waals surface area contributed by atoms with Gasteiger partial charge in [0.15, 0.2) is 0 Å². The maximum atomic E-state index is 5.96. The van der Waals surface area contributed by atoms with Gasteiger partial charge in [-0.2, -0.15) is 0 Å². The zero-order chi connectivity index (χ0) is 13.8. The second-order valence-electron chi connectivity index (χ2n) is 4.82. The molecule has 4 heteroatoms. The lowest BCUT2D eigenvalue weighted by Gasteiger charge is -2.24. The summed E-state index contributed by atoms with van der Waals surface area (Å²) in [6.45, 7) is 6.49. The summed E-state index contributed by atoms with van der Waals surface area (Å²) in [5.74, 6) is 0.541. The minimum Gasteiger partial charge on any atom is -0.397 e. The van der Waals surface area contributed by atoms with Crippen LogP contribution < -0.4 is 16.4 Å². The number of hydrogen-bond acceptors (Lipinski definition) is 4. The normalized spacial score (nSPS) is 10.8. The molecule has 0 aliphatic carbocycles. The SMILES string of the molecule is CCCN(CCC)c1ccc2c(N)cnc(N)c2c1. The van der Waals surface area contributed by atoms with Gasteiger partial charge in [-0.25, -0.2) is 4.98 Å². The highest BCUT2D eigenvalue weighted by atomic mass is 15.1. The minimum absolute atomic E-state index is 0.541. The van der Waals surface area contributed by atoms with Gasteiger partial charge < -0.3 is 16.4 Å². The van der Waals surface area contributed by atoms with E-state index in [1.807, 2.05) is 6.07 Å². The third-order valence-corrected chi connectivity index (χ3v) is 3.29. The summed E-state index contributed by atoms with van der Waals surface area (Å²) in [7, 11) is 0. The number of pyridine rings is 1. The van der Waals surface area contributed by atoms with Crippen molar-refractivity contribution in [1.29, 1.82) is 0 Å². The van der Waals surface area contributed by atoms with Crippen LogP contribution in [0.25, 0.3) is 10.8 Å². The van der Waals surface area contributed by atoms with Crippen molar-refractivity contribution in [3.8, 4) is 0 Å². The molecule has 0 aliphatic heterocycles. The summed E-state index contributed by atoms with van der Waals surface area (Å²) in [4.78, 5) is 6.51. The molecule has 102 valence electrons. The first-order valence-electron chi connectivity index (χ1n) is 6.86. The molecular weight excluding hydrogens is 236 g/mol. The highest BCUT2D eigenvalue weighted by molar-refractivity contribution is 6.00. The predicted octanol–water partition coefficient (Wildman–Crippen LogP) is 3.03. The first kappa shape index (κ1) is 13.5. The van der Waals surface area contributed by atoms with E-state index < -0.39 is 0 Å². The van der Waals surface area contributed by atoms with Crippen molar-refractivity contribution in [3.05, 3.63) is 24.4 Å². The largest absolute Gasteiger partial charge is 0.397 e. The van der Waals surface area contributed by atoms with Crippen LogP contribution in [-0.4, -0.2) is 18.1 Å². The molecule has 0 fully saturated rings. The van der Waals surface area contributed by atoms with Crippen molar-refractivity contribution in [1.82, 2.24) is 4.98 Å². The number of nitrogens with two attached hydrogens (primary N) is 2. The van der Waals surface area contributed by atoms with Gasteiger partial charge in [-0.05, 0) is 25.0 Å². The fraction of sp³-hybridized carbons (Fsp3) is 0.400. The van der Waals surface area contributed by atoms with Crippen LogP contribution >= 0.6 is 0 Å². The van der Waals surface area contributed by atoms with Crippen LogP contribution in [0.3, 0.4) is 0 Å². The summed E-state index contributed by atoms with van der Waals surface area (Å²) < 4.78 is 0. The zero-order valence-electron chi connectivity index (χ0n) is 11.7.